The van der Waals surface area contributed by atoms with Crippen LogP contribution in [0, 0.1) is 10.1 Å². The number of rotatable bonds is 1. The highest BCUT2D eigenvalue weighted by molar-refractivity contribution is 9.10. The van der Waals surface area contributed by atoms with Gasteiger partial charge in [-0.05, 0) is 27.5 Å². The van der Waals surface area contributed by atoms with Crippen LogP contribution in [0.4, 0.5) is 5.69 Å². The SMILES string of the molecule is Bc1cc(Br)ncc1[N+](=O)[O-]. The van der Waals surface area contributed by atoms with Crippen LogP contribution in [-0.2, 0) is 0 Å². The molecule has 0 aliphatic heterocycles. The van der Waals surface area contributed by atoms with Crippen molar-refractivity contribution in [1.29, 1.82) is 0 Å². The van der Waals surface area contributed by atoms with E-state index in [1.54, 1.807) is 13.9 Å². The average molecular weight is 215 g/mol. The van der Waals surface area contributed by atoms with Crippen LogP contribution < -0.4 is 5.46 Å². The van der Waals surface area contributed by atoms with Crippen LogP contribution in [0.1, 0.15) is 0 Å². The first-order chi connectivity index (χ1) is 5.11. The Morgan fingerprint density at radius 3 is 2.82 bits per heavy atom. The van der Waals surface area contributed by atoms with Crippen LogP contribution in [0.3, 0.4) is 0 Å². The lowest BCUT2D eigenvalue weighted by Crippen LogP contribution is -2.09. The molecular formula is C5H4BBrN2O2. The minimum atomic E-state index is -0.450. The Bertz CT molecular complexity index is 305. The van der Waals surface area contributed by atoms with E-state index in [-0.39, 0.29) is 5.69 Å². The second-order valence-corrected chi connectivity index (χ2v) is 2.86. The summed E-state index contributed by atoms with van der Waals surface area (Å²) >= 11 is 3.11. The van der Waals surface area contributed by atoms with Crippen molar-refractivity contribution in [3.8, 4) is 0 Å². The van der Waals surface area contributed by atoms with Gasteiger partial charge >= 0.3 is 0 Å². The summed E-state index contributed by atoms with van der Waals surface area (Å²) in [5, 5.41) is 10.3. The maximum Gasteiger partial charge on any atom is 0.281 e. The Kier molecular flexibility index (Phi) is 2.23. The molecule has 0 bridgehead atoms. The molecule has 0 N–H and O–H groups in total. The van der Waals surface area contributed by atoms with Gasteiger partial charge in [0.2, 0.25) is 0 Å². The van der Waals surface area contributed by atoms with E-state index in [9.17, 15) is 10.1 Å². The fraction of sp³-hybridized carbons (Fsp3) is 0. The lowest BCUT2D eigenvalue weighted by Gasteiger charge is -1.95. The van der Waals surface area contributed by atoms with Crippen molar-refractivity contribution in [2.24, 2.45) is 0 Å². The zero-order chi connectivity index (χ0) is 8.43. The van der Waals surface area contributed by atoms with E-state index in [2.05, 4.69) is 20.9 Å². The molecule has 0 aliphatic rings. The lowest BCUT2D eigenvalue weighted by atomic mass is 9.96. The van der Waals surface area contributed by atoms with Gasteiger partial charge in [-0.25, -0.2) is 4.98 Å². The van der Waals surface area contributed by atoms with E-state index >= 15 is 0 Å². The van der Waals surface area contributed by atoms with Gasteiger partial charge in [0.05, 0.1) is 4.92 Å². The van der Waals surface area contributed by atoms with E-state index in [0.29, 0.717) is 10.1 Å². The van der Waals surface area contributed by atoms with E-state index in [4.69, 9.17) is 0 Å². The summed E-state index contributed by atoms with van der Waals surface area (Å²) in [5.74, 6) is 0. The summed E-state index contributed by atoms with van der Waals surface area (Å²) in [6, 6.07) is 1.61. The molecule has 1 rings (SSSR count). The molecule has 4 nitrogen and oxygen atoms in total. The Morgan fingerprint density at radius 1 is 1.73 bits per heavy atom. The zero-order valence-corrected chi connectivity index (χ0v) is 7.33. The van der Waals surface area contributed by atoms with Gasteiger partial charge in [0.1, 0.15) is 18.6 Å². The number of aromatic nitrogens is 1. The summed E-state index contributed by atoms with van der Waals surface area (Å²) in [4.78, 5) is 13.6. The Morgan fingerprint density at radius 2 is 2.36 bits per heavy atom. The predicted molar refractivity (Wildman–Crippen MR) is 46.8 cm³/mol. The fourth-order valence-corrected chi connectivity index (χ4v) is 1.15. The highest BCUT2D eigenvalue weighted by Gasteiger charge is 2.09. The van der Waals surface area contributed by atoms with Crippen LogP contribution in [0.25, 0.3) is 0 Å². The maximum atomic E-state index is 10.3. The van der Waals surface area contributed by atoms with Gasteiger partial charge in [0, 0.05) is 0 Å². The molecule has 1 aromatic heterocycles. The summed E-state index contributed by atoms with van der Waals surface area (Å²) in [7, 11) is 1.67. The van der Waals surface area contributed by atoms with Crippen molar-refractivity contribution in [1.82, 2.24) is 4.98 Å². The van der Waals surface area contributed by atoms with Crippen molar-refractivity contribution in [3.63, 3.8) is 0 Å². The van der Waals surface area contributed by atoms with E-state index in [1.165, 1.54) is 6.20 Å². The van der Waals surface area contributed by atoms with Crippen LogP contribution in [0.2, 0.25) is 0 Å². The predicted octanol–water partition coefficient (Wildman–Crippen LogP) is 0.0107. The van der Waals surface area contributed by atoms with E-state index < -0.39 is 4.92 Å². The summed E-state index contributed by atoms with van der Waals surface area (Å²) < 4.78 is 0.612. The standard InChI is InChI=1S/C5H4BBrN2O2/c6-3-1-5(7)8-2-4(3)9(10)11/h1-2H,6H2. The fourth-order valence-electron chi connectivity index (χ4n) is 0.706. The third-order valence-corrected chi connectivity index (χ3v) is 1.68. The molecule has 0 saturated heterocycles. The van der Waals surface area contributed by atoms with Gasteiger partial charge in [-0.2, -0.15) is 0 Å². The molecule has 0 spiro atoms. The minimum Gasteiger partial charge on any atom is -0.258 e. The molecule has 0 aliphatic carbocycles. The molecule has 6 heteroatoms. The molecule has 0 aromatic carbocycles. The molecule has 0 fully saturated rings. The Balaban J connectivity index is 3.20. The van der Waals surface area contributed by atoms with E-state index in [1.807, 2.05) is 0 Å². The second kappa shape index (κ2) is 3.00. The topological polar surface area (TPSA) is 56.0 Å². The number of hydrogen-bond donors (Lipinski definition) is 0. The molecule has 0 amide bonds. The molecule has 0 saturated carbocycles. The minimum absolute atomic E-state index is 0.0493. The first kappa shape index (κ1) is 8.19. The zero-order valence-electron chi connectivity index (χ0n) is 5.74. The van der Waals surface area contributed by atoms with Gasteiger partial charge in [0.15, 0.2) is 0 Å². The molecule has 1 aromatic rings. The van der Waals surface area contributed by atoms with Gasteiger partial charge in [0.25, 0.3) is 5.69 Å². The Hall–Kier alpha value is -0.905. The summed E-state index contributed by atoms with van der Waals surface area (Å²) in [6.07, 6.45) is 1.24. The summed E-state index contributed by atoms with van der Waals surface area (Å²) in [5.41, 5.74) is 0.657. The normalized spacial score (nSPS) is 9.55. The van der Waals surface area contributed by atoms with Crippen molar-refractivity contribution in [2.75, 3.05) is 0 Å². The number of pyridine rings is 1. The number of nitro groups is 1. The molecule has 56 valence electrons. The number of halogens is 1. The molecule has 1 heterocycles. The van der Waals surface area contributed by atoms with Crippen molar-refractivity contribution in [2.45, 2.75) is 0 Å². The molecule has 0 atom stereocenters. The van der Waals surface area contributed by atoms with Gasteiger partial charge < -0.3 is 0 Å². The highest BCUT2D eigenvalue weighted by atomic mass is 79.9. The van der Waals surface area contributed by atoms with Crippen LogP contribution in [-0.4, -0.2) is 17.8 Å². The first-order valence-electron chi connectivity index (χ1n) is 2.88. The number of hydrogen-bond acceptors (Lipinski definition) is 3. The van der Waals surface area contributed by atoms with Crippen molar-refractivity contribution >= 4 is 34.9 Å². The lowest BCUT2D eigenvalue weighted by molar-refractivity contribution is -0.383. The third kappa shape index (κ3) is 1.77. The first-order valence-corrected chi connectivity index (χ1v) is 3.67. The van der Waals surface area contributed by atoms with Crippen LogP contribution >= 0.6 is 15.9 Å². The number of nitrogens with zero attached hydrogens (tertiary/aromatic N) is 2. The molecule has 11 heavy (non-hydrogen) atoms. The molecule has 0 unspecified atom stereocenters. The van der Waals surface area contributed by atoms with Crippen molar-refractivity contribution in [3.05, 3.63) is 27.0 Å². The monoisotopic (exact) mass is 214 g/mol. The average Bonchev–Trinajstić information content (AvgIpc) is 1.85. The third-order valence-electron chi connectivity index (χ3n) is 1.25. The molecular weight excluding hydrogens is 211 g/mol. The van der Waals surface area contributed by atoms with Crippen LogP contribution in [0.15, 0.2) is 16.9 Å². The maximum absolute atomic E-state index is 10.3. The van der Waals surface area contributed by atoms with Gasteiger partial charge in [-0.1, -0.05) is 0 Å². The summed E-state index contributed by atoms with van der Waals surface area (Å²) in [6.45, 7) is 0. The smallest absolute Gasteiger partial charge is 0.258 e. The van der Waals surface area contributed by atoms with Gasteiger partial charge in [-0.3, -0.25) is 10.1 Å². The molecule has 0 radical (unpaired) electrons. The Labute approximate surface area is 72.3 Å². The largest absolute Gasteiger partial charge is 0.281 e. The quantitative estimate of drug-likeness (QED) is 0.287. The highest BCUT2D eigenvalue weighted by Crippen LogP contribution is 2.08. The van der Waals surface area contributed by atoms with Crippen molar-refractivity contribution < 1.29 is 4.92 Å². The van der Waals surface area contributed by atoms with Gasteiger partial charge in [-0.15, -0.1) is 0 Å². The van der Waals surface area contributed by atoms with E-state index in [0.717, 1.165) is 0 Å². The second-order valence-electron chi connectivity index (χ2n) is 2.05. The van der Waals surface area contributed by atoms with Crippen LogP contribution in [0.5, 0.6) is 0 Å².